The van der Waals surface area contributed by atoms with E-state index in [1.807, 2.05) is 6.92 Å². The number of hydrogen-bond donors (Lipinski definition) is 2. The van der Waals surface area contributed by atoms with Gasteiger partial charge in [0.1, 0.15) is 5.69 Å². The van der Waals surface area contributed by atoms with Gasteiger partial charge < -0.3 is 15.0 Å². The van der Waals surface area contributed by atoms with Gasteiger partial charge in [-0.3, -0.25) is 9.69 Å². The van der Waals surface area contributed by atoms with E-state index >= 15 is 0 Å². The smallest absolute Gasteiger partial charge is 0.339 e. The second-order valence-electron chi connectivity index (χ2n) is 6.00. The highest BCUT2D eigenvalue weighted by atomic mass is 16.5. The van der Waals surface area contributed by atoms with Crippen molar-refractivity contribution in [3.8, 4) is 0 Å². The van der Waals surface area contributed by atoms with Crippen LogP contribution in [0.4, 0.5) is 0 Å². The number of likely N-dealkylation sites (N-methyl/N-ethyl adjacent to an activating group) is 1. The van der Waals surface area contributed by atoms with Crippen molar-refractivity contribution in [2.24, 2.45) is 0 Å². The maximum absolute atomic E-state index is 12.6. The normalized spacial score (nSPS) is 12.3. The van der Waals surface area contributed by atoms with Crippen LogP contribution in [0.1, 0.15) is 66.2 Å². The zero-order valence-corrected chi connectivity index (χ0v) is 15.8. The summed E-state index contributed by atoms with van der Waals surface area (Å²) >= 11 is 0. The molecular weight excluding hydrogens is 306 g/mol. The quantitative estimate of drug-likeness (QED) is 0.679. The van der Waals surface area contributed by atoms with Crippen molar-refractivity contribution in [3.63, 3.8) is 0 Å². The van der Waals surface area contributed by atoms with E-state index in [1.165, 1.54) is 7.11 Å². The Hall–Kier alpha value is -1.82. The monoisotopic (exact) mass is 337 g/mol. The van der Waals surface area contributed by atoms with Gasteiger partial charge in [-0.15, -0.1) is 0 Å². The van der Waals surface area contributed by atoms with E-state index in [0.717, 1.165) is 25.1 Å². The number of ether oxygens (including phenoxy) is 1. The molecule has 0 aromatic carbocycles. The first kappa shape index (κ1) is 20.2. The first-order valence-corrected chi connectivity index (χ1v) is 8.73. The number of carbonyl (C=O) groups excluding carboxylic acids is 2. The summed E-state index contributed by atoms with van der Waals surface area (Å²) in [7, 11) is 1.36. The lowest BCUT2D eigenvalue weighted by molar-refractivity contribution is 0.0599. The van der Waals surface area contributed by atoms with E-state index in [1.54, 1.807) is 6.92 Å². The van der Waals surface area contributed by atoms with Gasteiger partial charge >= 0.3 is 5.97 Å². The minimum atomic E-state index is -0.400. The zero-order chi connectivity index (χ0) is 18.3. The Morgan fingerprint density at radius 3 is 2.38 bits per heavy atom. The average Bonchev–Trinajstić information content (AvgIpc) is 2.90. The second-order valence-corrected chi connectivity index (χ2v) is 6.00. The van der Waals surface area contributed by atoms with Gasteiger partial charge in [0, 0.05) is 18.3 Å². The van der Waals surface area contributed by atoms with E-state index in [2.05, 4.69) is 36.0 Å². The molecular formula is C18H31N3O3. The molecule has 136 valence electrons. The lowest BCUT2D eigenvalue weighted by atomic mass is 10.0. The Labute approximate surface area is 144 Å². The number of hydrogen-bond acceptors (Lipinski definition) is 4. The summed E-state index contributed by atoms with van der Waals surface area (Å²) in [5, 5.41) is 2.98. The number of esters is 1. The molecule has 0 fully saturated rings. The molecule has 6 nitrogen and oxygen atoms in total. The number of carbonyl (C=O) groups is 2. The van der Waals surface area contributed by atoms with Crippen LogP contribution in [0.2, 0.25) is 0 Å². The van der Waals surface area contributed by atoms with Crippen LogP contribution in [-0.4, -0.2) is 54.5 Å². The molecule has 0 bridgehead atoms. The number of rotatable bonds is 9. The van der Waals surface area contributed by atoms with Crippen molar-refractivity contribution < 1.29 is 14.3 Å². The molecule has 1 atom stereocenters. The number of methoxy groups -OCH3 is 1. The fourth-order valence-corrected chi connectivity index (χ4v) is 3.05. The maximum atomic E-state index is 12.6. The molecule has 1 heterocycles. The third-order valence-corrected chi connectivity index (χ3v) is 4.40. The largest absolute Gasteiger partial charge is 0.465 e. The highest BCUT2D eigenvalue weighted by molar-refractivity contribution is 6.00. The standard InChI is InChI=1S/C18H31N3O3/c1-7-10-14-15(18(23)24-6)13(5)20-16(14)17(22)19-11-12(4)21(8-2)9-3/h12,20H,7-11H2,1-6H3,(H,19,22). The molecule has 24 heavy (non-hydrogen) atoms. The highest BCUT2D eigenvalue weighted by Gasteiger charge is 2.25. The summed E-state index contributed by atoms with van der Waals surface area (Å²) < 4.78 is 4.86. The van der Waals surface area contributed by atoms with Crippen molar-refractivity contribution in [1.29, 1.82) is 0 Å². The molecule has 0 saturated carbocycles. The van der Waals surface area contributed by atoms with Gasteiger partial charge in [-0.05, 0) is 38.9 Å². The summed E-state index contributed by atoms with van der Waals surface area (Å²) in [4.78, 5) is 30.0. The van der Waals surface area contributed by atoms with Crippen molar-refractivity contribution >= 4 is 11.9 Å². The lowest BCUT2D eigenvalue weighted by Gasteiger charge is -2.26. The van der Waals surface area contributed by atoms with Crippen LogP contribution in [-0.2, 0) is 11.2 Å². The van der Waals surface area contributed by atoms with E-state index in [9.17, 15) is 9.59 Å². The molecule has 0 radical (unpaired) electrons. The number of nitrogens with zero attached hydrogens (tertiary/aromatic N) is 1. The first-order valence-electron chi connectivity index (χ1n) is 8.73. The average molecular weight is 337 g/mol. The van der Waals surface area contributed by atoms with Gasteiger partial charge in [0.25, 0.3) is 5.91 Å². The molecule has 0 spiro atoms. The van der Waals surface area contributed by atoms with Gasteiger partial charge in [-0.1, -0.05) is 27.2 Å². The Bertz CT molecular complexity index is 562. The Balaban J connectivity index is 2.96. The molecule has 2 N–H and O–H groups in total. The van der Waals surface area contributed by atoms with E-state index in [0.29, 0.717) is 29.9 Å². The summed E-state index contributed by atoms with van der Waals surface area (Å²) in [6.07, 6.45) is 1.50. The molecule has 6 heteroatoms. The van der Waals surface area contributed by atoms with Crippen LogP contribution in [0.25, 0.3) is 0 Å². The van der Waals surface area contributed by atoms with Crippen LogP contribution in [0.15, 0.2) is 0 Å². The molecule has 0 aliphatic heterocycles. The minimum Gasteiger partial charge on any atom is -0.465 e. The van der Waals surface area contributed by atoms with Gasteiger partial charge in [-0.2, -0.15) is 0 Å². The number of amides is 1. The second kappa shape index (κ2) is 9.47. The Morgan fingerprint density at radius 2 is 1.88 bits per heavy atom. The van der Waals surface area contributed by atoms with Gasteiger partial charge in [0.2, 0.25) is 0 Å². The van der Waals surface area contributed by atoms with Crippen LogP contribution in [0, 0.1) is 6.92 Å². The lowest BCUT2D eigenvalue weighted by Crippen LogP contribution is -2.42. The van der Waals surface area contributed by atoms with Crippen LogP contribution in [0.5, 0.6) is 0 Å². The van der Waals surface area contributed by atoms with E-state index < -0.39 is 5.97 Å². The zero-order valence-electron chi connectivity index (χ0n) is 15.8. The summed E-state index contributed by atoms with van der Waals surface area (Å²) in [5.74, 6) is -0.571. The predicted molar refractivity (Wildman–Crippen MR) is 95.6 cm³/mol. The van der Waals surface area contributed by atoms with Gasteiger partial charge in [0.05, 0.1) is 12.7 Å². The first-order chi connectivity index (χ1) is 11.4. The summed E-state index contributed by atoms with van der Waals surface area (Å²) in [6, 6.07) is 0.259. The molecule has 1 unspecified atom stereocenters. The molecule has 1 rings (SSSR count). The Morgan fingerprint density at radius 1 is 1.25 bits per heavy atom. The third kappa shape index (κ3) is 4.60. The topological polar surface area (TPSA) is 74.4 Å². The summed E-state index contributed by atoms with van der Waals surface area (Å²) in [5.41, 5.74) is 2.38. The molecule has 1 amide bonds. The highest BCUT2D eigenvalue weighted by Crippen LogP contribution is 2.21. The van der Waals surface area contributed by atoms with Crippen molar-refractivity contribution in [3.05, 3.63) is 22.5 Å². The van der Waals surface area contributed by atoms with Crippen molar-refractivity contribution in [2.45, 2.75) is 53.5 Å². The maximum Gasteiger partial charge on any atom is 0.339 e. The summed E-state index contributed by atoms with van der Waals surface area (Å²) in [6.45, 7) is 12.6. The molecule has 0 aliphatic carbocycles. The van der Waals surface area contributed by atoms with Crippen LogP contribution in [0.3, 0.4) is 0 Å². The Kier molecular flexibility index (Phi) is 7.98. The predicted octanol–water partition coefficient (Wildman–Crippen LogP) is 2.52. The van der Waals surface area contributed by atoms with Gasteiger partial charge in [-0.25, -0.2) is 4.79 Å². The minimum absolute atomic E-state index is 0.171. The molecule has 1 aromatic rings. The van der Waals surface area contributed by atoms with E-state index in [-0.39, 0.29) is 11.9 Å². The van der Waals surface area contributed by atoms with Crippen molar-refractivity contribution in [1.82, 2.24) is 15.2 Å². The number of H-pyrrole nitrogens is 1. The molecule has 0 aliphatic rings. The number of aromatic nitrogens is 1. The number of aromatic amines is 1. The van der Waals surface area contributed by atoms with Crippen LogP contribution >= 0.6 is 0 Å². The van der Waals surface area contributed by atoms with Crippen LogP contribution < -0.4 is 5.32 Å². The number of aryl methyl sites for hydroxylation is 1. The fourth-order valence-electron chi connectivity index (χ4n) is 3.05. The SMILES string of the molecule is CCCc1c(C(=O)NCC(C)N(CC)CC)[nH]c(C)c1C(=O)OC. The third-order valence-electron chi connectivity index (χ3n) is 4.40. The molecule has 0 saturated heterocycles. The van der Waals surface area contributed by atoms with Crippen molar-refractivity contribution in [2.75, 3.05) is 26.7 Å². The fraction of sp³-hybridized carbons (Fsp3) is 0.667. The molecule has 1 aromatic heterocycles. The van der Waals surface area contributed by atoms with E-state index in [4.69, 9.17) is 4.74 Å². The number of nitrogens with one attached hydrogen (secondary N) is 2. The van der Waals surface area contributed by atoms with Gasteiger partial charge in [0.15, 0.2) is 0 Å².